The van der Waals surface area contributed by atoms with E-state index in [9.17, 15) is 29.1 Å². The molecule has 0 saturated carbocycles. The smallest absolute Gasteiger partial charge is 0.326 e. The van der Waals surface area contributed by atoms with E-state index in [1.807, 2.05) is 30.3 Å². The number of hydrogen-bond donors (Lipinski definition) is 6. The van der Waals surface area contributed by atoms with Crippen molar-refractivity contribution < 1.29 is 34.2 Å². The zero-order valence-corrected chi connectivity index (χ0v) is 20.7. The first-order chi connectivity index (χ1) is 18.2. The Kier molecular flexibility index (Phi) is 9.93. The Labute approximate surface area is 218 Å². The Hall–Kier alpha value is -4.26. The summed E-state index contributed by atoms with van der Waals surface area (Å²) in [5.41, 5.74) is 7.49. The normalized spacial score (nSPS) is 17.3. The first kappa shape index (κ1) is 28.3. The molecular weight excluding hydrogens is 496 g/mol. The van der Waals surface area contributed by atoms with Gasteiger partial charge in [-0.1, -0.05) is 30.3 Å². The van der Waals surface area contributed by atoms with Gasteiger partial charge in [0, 0.05) is 31.3 Å². The third-order valence-electron chi connectivity index (χ3n) is 6.33. The number of likely N-dealkylation sites (tertiary alicyclic amines) is 1. The number of H-pyrrole nitrogens is 1. The summed E-state index contributed by atoms with van der Waals surface area (Å²) in [6.07, 6.45) is 3.18. The molecule has 13 nitrogen and oxygen atoms in total. The minimum atomic E-state index is -1.34. The van der Waals surface area contributed by atoms with Crippen LogP contribution in [0.5, 0.6) is 0 Å². The first-order valence-electron chi connectivity index (χ1n) is 12.3. The molecule has 1 fully saturated rings. The third kappa shape index (κ3) is 7.87. The number of aromatic amines is 1. The second-order valence-corrected chi connectivity index (χ2v) is 9.16. The Bertz CT molecular complexity index is 1120. The molecule has 4 unspecified atom stereocenters. The van der Waals surface area contributed by atoms with Gasteiger partial charge >= 0.3 is 11.9 Å². The lowest BCUT2D eigenvalue weighted by Gasteiger charge is -2.28. The fraction of sp³-hybridized carbons (Fsp3) is 0.440. The summed E-state index contributed by atoms with van der Waals surface area (Å²) in [5.74, 6) is -4.37. The van der Waals surface area contributed by atoms with Gasteiger partial charge in [-0.15, -0.1) is 0 Å². The van der Waals surface area contributed by atoms with Crippen molar-refractivity contribution in [3.8, 4) is 0 Å². The van der Waals surface area contributed by atoms with Crippen LogP contribution < -0.4 is 16.4 Å². The number of nitrogens with zero attached hydrogens (tertiary/aromatic N) is 2. The molecule has 1 aromatic carbocycles. The standard InChI is InChI=1S/C25H32N6O7/c26-17(11-15-5-2-1-3-6-15)24(36)31-10-4-7-20(31)23(35)29-18(8-9-21(32)33)22(34)30-19(25(37)38)12-16-13-27-14-28-16/h1-3,5-6,13-14,17-20H,4,7-12,26H2,(H,27,28)(H,29,35)(H,30,34)(H,32,33)(H,37,38). The van der Waals surface area contributed by atoms with Gasteiger partial charge in [-0.3, -0.25) is 19.2 Å². The van der Waals surface area contributed by atoms with Crippen LogP contribution in [0.15, 0.2) is 42.9 Å². The van der Waals surface area contributed by atoms with Crippen molar-refractivity contribution in [3.05, 3.63) is 54.1 Å². The topological polar surface area (TPSA) is 208 Å². The van der Waals surface area contributed by atoms with E-state index in [0.717, 1.165) is 5.56 Å². The maximum absolute atomic E-state index is 13.2. The number of aromatic nitrogens is 2. The number of nitrogens with one attached hydrogen (secondary N) is 3. The number of carbonyl (C=O) groups is 5. The Morgan fingerprint density at radius 2 is 1.82 bits per heavy atom. The van der Waals surface area contributed by atoms with E-state index in [0.29, 0.717) is 31.5 Å². The summed E-state index contributed by atoms with van der Waals surface area (Å²) in [4.78, 5) is 70.0. The minimum Gasteiger partial charge on any atom is -0.481 e. The highest BCUT2D eigenvalue weighted by atomic mass is 16.4. The molecule has 2 heterocycles. The van der Waals surface area contributed by atoms with E-state index in [-0.39, 0.29) is 12.8 Å². The molecule has 38 heavy (non-hydrogen) atoms. The van der Waals surface area contributed by atoms with Gasteiger partial charge in [0.2, 0.25) is 17.7 Å². The molecule has 1 saturated heterocycles. The highest BCUT2D eigenvalue weighted by Crippen LogP contribution is 2.20. The van der Waals surface area contributed by atoms with Crippen LogP contribution in [0.25, 0.3) is 0 Å². The summed E-state index contributed by atoms with van der Waals surface area (Å²) in [7, 11) is 0. The van der Waals surface area contributed by atoms with Crippen molar-refractivity contribution >= 4 is 29.7 Å². The highest BCUT2D eigenvalue weighted by molar-refractivity contribution is 5.94. The van der Waals surface area contributed by atoms with E-state index >= 15 is 0 Å². The number of aliphatic carboxylic acids is 2. The van der Waals surface area contributed by atoms with E-state index in [1.54, 1.807) is 0 Å². The van der Waals surface area contributed by atoms with Gasteiger partial charge in [-0.2, -0.15) is 0 Å². The van der Waals surface area contributed by atoms with Crippen molar-refractivity contribution in [1.29, 1.82) is 0 Å². The van der Waals surface area contributed by atoms with E-state index in [2.05, 4.69) is 20.6 Å². The summed E-state index contributed by atoms with van der Waals surface area (Å²) >= 11 is 0. The van der Waals surface area contributed by atoms with Crippen LogP contribution in [0, 0.1) is 0 Å². The summed E-state index contributed by atoms with van der Waals surface area (Å²) in [5, 5.41) is 23.5. The molecular formula is C25H32N6O7. The predicted molar refractivity (Wildman–Crippen MR) is 134 cm³/mol. The number of rotatable bonds is 13. The SMILES string of the molecule is NC(Cc1ccccc1)C(=O)N1CCCC1C(=O)NC(CCC(=O)O)C(=O)NC(Cc1cnc[nH]1)C(=O)O. The van der Waals surface area contributed by atoms with Crippen molar-refractivity contribution in [2.24, 2.45) is 5.73 Å². The van der Waals surface area contributed by atoms with Gasteiger partial charge in [0.05, 0.1) is 12.4 Å². The minimum absolute atomic E-state index is 0.0924. The molecule has 0 bridgehead atoms. The van der Waals surface area contributed by atoms with Crippen LogP contribution >= 0.6 is 0 Å². The van der Waals surface area contributed by atoms with Crippen molar-refractivity contribution in [2.45, 2.75) is 62.7 Å². The largest absolute Gasteiger partial charge is 0.481 e. The molecule has 4 atom stereocenters. The van der Waals surface area contributed by atoms with E-state index in [1.165, 1.54) is 17.4 Å². The fourth-order valence-electron chi connectivity index (χ4n) is 4.36. The summed E-state index contributed by atoms with van der Waals surface area (Å²) in [6.45, 7) is 0.316. The quantitative estimate of drug-likeness (QED) is 0.196. The molecule has 7 N–H and O–H groups in total. The van der Waals surface area contributed by atoms with Gasteiger partial charge in [0.15, 0.2) is 0 Å². The van der Waals surface area contributed by atoms with Crippen molar-refractivity contribution in [2.75, 3.05) is 6.54 Å². The number of carbonyl (C=O) groups excluding carboxylic acids is 3. The zero-order valence-electron chi connectivity index (χ0n) is 20.7. The molecule has 13 heteroatoms. The van der Waals surface area contributed by atoms with E-state index in [4.69, 9.17) is 10.8 Å². The second kappa shape index (κ2) is 13.3. The van der Waals surface area contributed by atoms with Crippen LogP contribution in [0.3, 0.4) is 0 Å². The molecule has 1 aliphatic heterocycles. The molecule has 1 aromatic heterocycles. The number of benzene rings is 1. The lowest BCUT2D eigenvalue weighted by Crippen LogP contribution is -2.57. The maximum Gasteiger partial charge on any atom is 0.326 e. The van der Waals surface area contributed by atoms with Crippen LogP contribution in [0.4, 0.5) is 0 Å². The zero-order chi connectivity index (χ0) is 27.7. The molecule has 3 amide bonds. The van der Waals surface area contributed by atoms with Gasteiger partial charge < -0.3 is 36.5 Å². The van der Waals surface area contributed by atoms with Crippen LogP contribution in [-0.2, 0) is 36.8 Å². The molecule has 3 rings (SSSR count). The predicted octanol–water partition coefficient (Wildman–Crippen LogP) is -0.568. The Morgan fingerprint density at radius 3 is 2.45 bits per heavy atom. The monoisotopic (exact) mass is 528 g/mol. The van der Waals surface area contributed by atoms with E-state index < -0.39 is 60.2 Å². The third-order valence-corrected chi connectivity index (χ3v) is 6.33. The Balaban J connectivity index is 1.67. The van der Waals surface area contributed by atoms with Crippen LogP contribution in [-0.4, -0.2) is 85.5 Å². The molecule has 0 spiro atoms. The molecule has 2 aromatic rings. The van der Waals surface area contributed by atoms with Gasteiger partial charge in [-0.05, 0) is 31.2 Å². The number of amides is 3. The van der Waals surface area contributed by atoms with Crippen molar-refractivity contribution in [1.82, 2.24) is 25.5 Å². The number of carboxylic acids is 2. The van der Waals surface area contributed by atoms with Gasteiger partial charge in [-0.25, -0.2) is 9.78 Å². The lowest BCUT2D eigenvalue weighted by atomic mass is 10.0. The average Bonchev–Trinajstić information content (AvgIpc) is 3.58. The average molecular weight is 529 g/mol. The highest BCUT2D eigenvalue weighted by Gasteiger charge is 2.38. The lowest BCUT2D eigenvalue weighted by molar-refractivity contribution is -0.143. The molecule has 0 aliphatic carbocycles. The van der Waals surface area contributed by atoms with Crippen molar-refractivity contribution in [3.63, 3.8) is 0 Å². The van der Waals surface area contributed by atoms with Gasteiger partial charge in [0.25, 0.3) is 0 Å². The summed E-state index contributed by atoms with van der Waals surface area (Å²) in [6, 6.07) is 4.82. The number of nitrogens with two attached hydrogens (primary N) is 1. The second-order valence-electron chi connectivity index (χ2n) is 9.16. The number of carboxylic acid groups (broad SMARTS) is 2. The first-order valence-corrected chi connectivity index (χ1v) is 12.3. The molecule has 1 aliphatic rings. The van der Waals surface area contributed by atoms with Crippen LogP contribution in [0.2, 0.25) is 0 Å². The van der Waals surface area contributed by atoms with Gasteiger partial charge in [0.1, 0.15) is 18.1 Å². The summed E-state index contributed by atoms with van der Waals surface area (Å²) < 4.78 is 0. The van der Waals surface area contributed by atoms with Crippen LogP contribution in [0.1, 0.15) is 36.9 Å². The number of hydrogen-bond acceptors (Lipinski definition) is 7. The fourth-order valence-corrected chi connectivity index (χ4v) is 4.36. The molecule has 204 valence electrons. The maximum atomic E-state index is 13.2. The number of imidazole rings is 1. The Morgan fingerprint density at radius 1 is 1.08 bits per heavy atom. The molecule has 0 radical (unpaired) electrons.